The molecule has 1 unspecified atom stereocenters. The molecule has 0 amide bonds. The zero-order valence-corrected chi connectivity index (χ0v) is 17.1. The molecule has 0 spiro atoms. The Labute approximate surface area is 175 Å². The molecule has 0 radical (unpaired) electrons. The van der Waals surface area contributed by atoms with Gasteiger partial charge < -0.3 is 4.98 Å². The summed E-state index contributed by atoms with van der Waals surface area (Å²) in [6.45, 7) is 4.32. The number of nitrogens with zero attached hydrogens (tertiary/aromatic N) is 3. The Hall–Kier alpha value is -3.18. The lowest BCUT2D eigenvalue weighted by atomic mass is 9.96. The van der Waals surface area contributed by atoms with Crippen LogP contribution in [0, 0.1) is 6.92 Å². The van der Waals surface area contributed by atoms with Crippen LogP contribution in [0.4, 0.5) is 0 Å². The fourth-order valence-electron chi connectivity index (χ4n) is 5.18. The van der Waals surface area contributed by atoms with Crippen molar-refractivity contribution in [2.24, 2.45) is 0 Å². The van der Waals surface area contributed by atoms with Gasteiger partial charge in [0.25, 0.3) is 5.56 Å². The number of aryl methyl sites for hydroxylation is 1. The Morgan fingerprint density at radius 3 is 2.83 bits per heavy atom. The van der Waals surface area contributed by atoms with Gasteiger partial charge >= 0.3 is 0 Å². The smallest absolute Gasteiger partial charge is 0.255 e. The minimum absolute atomic E-state index is 0.0364. The molecule has 2 aliphatic heterocycles. The number of aromatic nitrogens is 3. The van der Waals surface area contributed by atoms with Gasteiger partial charge in [-0.2, -0.15) is 0 Å². The van der Waals surface area contributed by atoms with Gasteiger partial charge in [0.1, 0.15) is 0 Å². The molecule has 1 saturated heterocycles. The zero-order chi connectivity index (χ0) is 20.2. The maximum Gasteiger partial charge on any atom is 0.255 e. The average Bonchev–Trinajstić information content (AvgIpc) is 3.37. The number of H-pyrrole nitrogens is 1. The number of pyridine rings is 2. The van der Waals surface area contributed by atoms with Gasteiger partial charge in [-0.15, -0.1) is 0 Å². The van der Waals surface area contributed by atoms with Crippen molar-refractivity contribution in [1.82, 2.24) is 19.4 Å². The Balaban J connectivity index is 1.40. The van der Waals surface area contributed by atoms with E-state index in [1.807, 2.05) is 37.5 Å². The molecule has 6 rings (SSSR count). The lowest BCUT2D eigenvalue weighted by molar-refractivity contribution is 0.244. The summed E-state index contributed by atoms with van der Waals surface area (Å²) in [5.74, 6) is 0. The summed E-state index contributed by atoms with van der Waals surface area (Å²) in [7, 11) is 0. The SMILES string of the molecule is Cc1ccc(-c2ccn(-c3ccc4c5c([nH]c4c3)CCN3CCCC53)c(=O)c2)cn1. The van der Waals surface area contributed by atoms with E-state index in [2.05, 4.69) is 33.1 Å². The van der Waals surface area contributed by atoms with Gasteiger partial charge in [0.2, 0.25) is 0 Å². The van der Waals surface area contributed by atoms with E-state index in [-0.39, 0.29) is 5.56 Å². The topological polar surface area (TPSA) is 53.9 Å². The van der Waals surface area contributed by atoms with Crippen molar-refractivity contribution in [2.75, 3.05) is 13.1 Å². The largest absolute Gasteiger partial charge is 0.358 e. The van der Waals surface area contributed by atoms with Crippen LogP contribution in [0.2, 0.25) is 0 Å². The quantitative estimate of drug-likeness (QED) is 0.547. The molecule has 3 aromatic heterocycles. The molecule has 5 heteroatoms. The van der Waals surface area contributed by atoms with Crippen molar-refractivity contribution in [2.45, 2.75) is 32.2 Å². The van der Waals surface area contributed by atoms with Crippen molar-refractivity contribution in [3.63, 3.8) is 0 Å². The maximum atomic E-state index is 12.9. The molecule has 1 fully saturated rings. The second kappa shape index (κ2) is 6.67. The first-order valence-electron chi connectivity index (χ1n) is 10.7. The van der Waals surface area contributed by atoms with E-state index in [0.29, 0.717) is 6.04 Å². The molecule has 5 heterocycles. The lowest BCUT2D eigenvalue weighted by Crippen LogP contribution is -2.30. The number of fused-ring (bicyclic) bond motifs is 5. The zero-order valence-electron chi connectivity index (χ0n) is 17.1. The van der Waals surface area contributed by atoms with E-state index in [1.165, 1.54) is 36.0 Å². The first kappa shape index (κ1) is 17.7. The number of nitrogens with one attached hydrogen (secondary N) is 1. The highest BCUT2D eigenvalue weighted by atomic mass is 16.1. The second-order valence-electron chi connectivity index (χ2n) is 8.50. The van der Waals surface area contributed by atoms with Crippen molar-refractivity contribution >= 4 is 10.9 Å². The molecule has 0 bridgehead atoms. The molecule has 1 atom stereocenters. The molecule has 5 nitrogen and oxygen atoms in total. The van der Waals surface area contributed by atoms with Crippen molar-refractivity contribution in [1.29, 1.82) is 0 Å². The summed E-state index contributed by atoms with van der Waals surface area (Å²) in [4.78, 5) is 23.5. The first-order valence-corrected chi connectivity index (χ1v) is 10.7. The highest BCUT2D eigenvalue weighted by molar-refractivity contribution is 5.87. The van der Waals surface area contributed by atoms with E-state index < -0.39 is 0 Å². The lowest BCUT2D eigenvalue weighted by Gasteiger charge is -2.29. The van der Waals surface area contributed by atoms with Gasteiger partial charge in [-0.25, -0.2) is 0 Å². The van der Waals surface area contributed by atoms with Crippen LogP contribution in [-0.4, -0.2) is 32.5 Å². The minimum Gasteiger partial charge on any atom is -0.358 e. The number of benzene rings is 1. The third-order valence-corrected chi connectivity index (χ3v) is 6.69. The Morgan fingerprint density at radius 1 is 1.07 bits per heavy atom. The molecule has 30 heavy (non-hydrogen) atoms. The van der Waals surface area contributed by atoms with Crippen LogP contribution in [0.3, 0.4) is 0 Å². The van der Waals surface area contributed by atoms with Gasteiger partial charge in [-0.3, -0.25) is 19.2 Å². The predicted molar refractivity (Wildman–Crippen MR) is 119 cm³/mol. The standard InChI is InChI=1S/C25H24N4O/c1-16-4-5-18(15-26-16)17-8-12-29(24(30)13-17)19-6-7-20-22(14-19)27-21-9-11-28-10-2-3-23(28)25(20)21/h4-8,12-15,23,27H,2-3,9-11H2,1H3. The van der Waals surface area contributed by atoms with E-state index in [4.69, 9.17) is 0 Å². The Kier molecular flexibility index (Phi) is 3.93. The van der Waals surface area contributed by atoms with Gasteiger partial charge in [0.05, 0.1) is 5.69 Å². The van der Waals surface area contributed by atoms with Crippen molar-refractivity contribution in [3.8, 4) is 16.8 Å². The molecule has 2 aliphatic rings. The summed E-state index contributed by atoms with van der Waals surface area (Å²) in [5.41, 5.74) is 7.66. The molecule has 1 N–H and O–H groups in total. The summed E-state index contributed by atoms with van der Waals surface area (Å²) in [6.07, 6.45) is 7.29. The average molecular weight is 396 g/mol. The highest BCUT2D eigenvalue weighted by Crippen LogP contribution is 2.41. The van der Waals surface area contributed by atoms with E-state index in [1.54, 1.807) is 10.6 Å². The van der Waals surface area contributed by atoms with Gasteiger partial charge in [-0.1, -0.05) is 12.1 Å². The molecule has 0 aliphatic carbocycles. The molecule has 4 aromatic rings. The van der Waals surface area contributed by atoms with Crippen LogP contribution in [0.5, 0.6) is 0 Å². The van der Waals surface area contributed by atoms with Crippen LogP contribution in [0.25, 0.3) is 27.7 Å². The number of rotatable bonds is 2. The molecule has 1 aromatic carbocycles. The van der Waals surface area contributed by atoms with Crippen LogP contribution >= 0.6 is 0 Å². The Bertz CT molecular complexity index is 1320. The highest BCUT2D eigenvalue weighted by Gasteiger charge is 2.33. The van der Waals surface area contributed by atoms with Crippen LogP contribution in [-0.2, 0) is 6.42 Å². The Morgan fingerprint density at radius 2 is 2.00 bits per heavy atom. The minimum atomic E-state index is -0.0364. The van der Waals surface area contributed by atoms with E-state index >= 15 is 0 Å². The van der Waals surface area contributed by atoms with Crippen molar-refractivity contribution < 1.29 is 0 Å². The number of aromatic amines is 1. The molecule has 150 valence electrons. The van der Waals surface area contributed by atoms with Crippen LogP contribution in [0.15, 0.2) is 59.7 Å². The van der Waals surface area contributed by atoms with Gasteiger partial charge in [0.15, 0.2) is 0 Å². The number of hydrogen-bond donors (Lipinski definition) is 1. The van der Waals surface area contributed by atoms with Crippen LogP contribution in [0.1, 0.15) is 35.8 Å². The fraction of sp³-hybridized carbons (Fsp3) is 0.280. The fourth-order valence-corrected chi connectivity index (χ4v) is 5.18. The van der Waals surface area contributed by atoms with Gasteiger partial charge in [-0.05, 0) is 61.7 Å². The van der Waals surface area contributed by atoms with Crippen molar-refractivity contribution in [3.05, 3.63) is 82.2 Å². The van der Waals surface area contributed by atoms with Crippen LogP contribution < -0.4 is 5.56 Å². The summed E-state index contributed by atoms with van der Waals surface area (Å²) in [5, 5.41) is 1.31. The summed E-state index contributed by atoms with van der Waals surface area (Å²) < 4.78 is 1.71. The molecular weight excluding hydrogens is 372 g/mol. The molecular formula is C25H24N4O. The third kappa shape index (κ3) is 2.73. The summed E-state index contributed by atoms with van der Waals surface area (Å²) in [6, 6.07) is 14.6. The first-order chi connectivity index (χ1) is 14.7. The van der Waals surface area contributed by atoms with E-state index in [0.717, 1.165) is 41.0 Å². The normalized spacial score (nSPS) is 18.5. The van der Waals surface area contributed by atoms with Gasteiger partial charge in [0, 0.05) is 65.3 Å². The maximum absolute atomic E-state index is 12.9. The predicted octanol–water partition coefficient (Wildman–Crippen LogP) is 4.38. The second-order valence-corrected chi connectivity index (χ2v) is 8.50. The van der Waals surface area contributed by atoms with E-state index in [9.17, 15) is 4.79 Å². The molecule has 0 saturated carbocycles. The monoisotopic (exact) mass is 396 g/mol. The summed E-state index contributed by atoms with van der Waals surface area (Å²) >= 11 is 0. The third-order valence-electron chi connectivity index (χ3n) is 6.69. The number of hydrogen-bond acceptors (Lipinski definition) is 3.